The fraction of sp³-hybridized carbons (Fsp3) is 0.100. The molecule has 0 aliphatic heterocycles. The van der Waals surface area contributed by atoms with Crippen molar-refractivity contribution in [2.45, 2.75) is 0 Å². The smallest absolute Gasteiger partial charge is 0.174 e. The van der Waals surface area contributed by atoms with E-state index >= 15 is 0 Å². The van der Waals surface area contributed by atoms with Gasteiger partial charge in [0.25, 0.3) is 0 Å². The Morgan fingerprint density at radius 1 is 1.29 bits per heavy atom. The quantitative estimate of drug-likeness (QED) is 0.675. The molecule has 0 aliphatic carbocycles. The Morgan fingerprint density at radius 3 is 2.79 bits per heavy atom. The van der Waals surface area contributed by atoms with Gasteiger partial charge in [-0.2, -0.15) is 0 Å². The summed E-state index contributed by atoms with van der Waals surface area (Å²) in [6.07, 6.45) is 0. The van der Waals surface area contributed by atoms with E-state index in [2.05, 4.69) is 4.98 Å². The highest BCUT2D eigenvalue weighted by molar-refractivity contribution is 6.29. The van der Waals surface area contributed by atoms with E-state index in [-0.39, 0.29) is 5.75 Å². The second-order valence-corrected chi connectivity index (χ2v) is 3.17. The van der Waals surface area contributed by atoms with Crippen molar-refractivity contribution in [2.75, 3.05) is 7.11 Å². The lowest BCUT2D eigenvalue weighted by atomic mass is 10.2. The highest BCUT2D eigenvalue weighted by Crippen LogP contribution is 2.25. The van der Waals surface area contributed by atoms with Crippen LogP contribution in [0.5, 0.6) is 5.75 Å². The monoisotopic (exact) mass is 210 g/mol. The molecule has 0 amide bonds. The van der Waals surface area contributed by atoms with E-state index in [9.17, 15) is 4.39 Å². The number of hydrogen-bond acceptors (Lipinski definition) is 2. The summed E-state index contributed by atoms with van der Waals surface area (Å²) in [6, 6.07) is 6.33. The summed E-state index contributed by atoms with van der Waals surface area (Å²) in [5, 5.41) is 0.760. The second kappa shape index (κ2) is 3.42. The van der Waals surface area contributed by atoms with Gasteiger partial charge in [0.2, 0.25) is 0 Å². The molecule has 72 valence electrons. The lowest BCUT2D eigenvalue weighted by Crippen LogP contribution is -1.90. The molecule has 1 aromatic carbocycles. The van der Waals surface area contributed by atoms with Crippen molar-refractivity contribution >= 4 is 22.5 Å². The Hall–Kier alpha value is -1.35. The minimum atomic E-state index is -0.408. The largest absolute Gasteiger partial charge is 0.494 e. The number of fused-ring (bicyclic) bond motifs is 1. The summed E-state index contributed by atoms with van der Waals surface area (Å²) in [4.78, 5) is 3.98. The van der Waals surface area contributed by atoms with Crippen LogP contribution < -0.4 is 4.74 Å². The van der Waals surface area contributed by atoms with Crippen LogP contribution in [0.4, 0.5) is 4.39 Å². The topological polar surface area (TPSA) is 22.1 Å². The highest BCUT2D eigenvalue weighted by atomic mass is 35.5. The Kier molecular flexibility index (Phi) is 2.25. The molecule has 1 heterocycles. The summed E-state index contributed by atoms with van der Waals surface area (Å²) >= 11 is 5.68. The summed E-state index contributed by atoms with van der Waals surface area (Å²) in [5.74, 6) is -0.198. The summed E-state index contributed by atoms with van der Waals surface area (Å²) in [5.41, 5.74) is 0.524. The van der Waals surface area contributed by atoms with Gasteiger partial charge in [0.15, 0.2) is 11.6 Å². The van der Waals surface area contributed by atoms with Crippen LogP contribution in [-0.4, -0.2) is 12.1 Å². The van der Waals surface area contributed by atoms with Crippen LogP contribution in [0, 0.1) is 5.82 Å². The van der Waals surface area contributed by atoms with Crippen LogP contribution in [0.2, 0.25) is 5.15 Å². The molecule has 14 heavy (non-hydrogen) atoms. The van der Waals surface area contributed by atoms with Crippen molar-refractivity contribution in [1.29, 1.82) is 0 Å². The number of aromatic nitrogens is 1. The molecular weight excluding hydrogens is 204 g/mol. The SMILES string of the molecule is COc1ccc2nc(Cl)ccc2c1[18F]. The lowest BCUT2D eigenvalue weighted by Gasteiger charge is -2.04. The molecule has 0 spiro atoms. The van der Waals surface area contributed by atoms with Gasteiger partial charge in [-0.05, 0) is 24.3 Å². The van der Waals surface area contributed by atoms with Gasteiger partial charge in [0, 0.05) is 5.39 Å². The first kappa shape index (κ1) is 9.21. The maximum atomic E-state index is 13.6. The number of nitrogens with zero attached hydrogens (tertiary/aromatic N) is 1. The first-order valence-electron chi connectivity index (χ1n) is 4.01. The highest BCUT2D eigenvalue weighted by Gasteiger charge is 2.08. The summed E-state index contributed by atoms with van der Waals surface area (Å²) in [6.45, 7) is 0. The fourth-order valence-corrected chi connectivity index (χ4v) is 1.43. The Labute approximate surface area is 85.3 Å². The molecule has 2 aromatic rings. The normalized spacial score (nSPS) is 10.5. The Morgan fingerprint density at radius 2 is 2.07 bits per heavy atom. The van der Waals surface area contributed by atoms with Crippen molar-refractivity contribution in [2.24, 2.45) is 0 Å². The minimum absolute atomic E-state index is 0.210. The molecule has 2 nitrogen and oxygen atoms in total. The van der Waals surface area contributed by atoms with Gasteiger partial charge < -0.3 is 4.74 Å². The molecular formula is C10H7ClFNO. The molecule has 0 saturated carbocycles. The third-order valence-electron chi connectivity index (χ3n) is 1.96. The Balaban J connectivity index is 2.77. The predicted octanol–water partition coefficient (Wildman–Crippen LogP) is 3.04. The van der Waals surface area contributed by atoms with Gasteiger partial charge >= 0.3 is 0 Å². The van der Waals surface area contributed by atoms with E-state index in [0.29, 0.717) is 16.1 Å². The van der Waals surface area contributed by atoms with E-state index in [1.807, 2.05) is 0 Å². The van der Waals surface area contributed by atoms with Crippen molar-refractivity contribution in [3.63, 3.8) is 0 Å². The number of methoxy groups -OCH3 is 1. The first-order chi connectivity index (χ1) is 6.72. The molecule has 0 saturated heterocycles. The number of pyridine rings is 1. The van der Waals surface area contributed by atoms with Crippen LogP contribution >= 0.6 is 11.6 Å². The van der Waals surface area contributed by atoms with Gasteiger partial charge in [0.05, 0.1) is 12.6 Å². The average molecular weight is 211 g/mol. The molecule has 0 N–H and O–H groups in total. The van der Waals surface area contributed by atoms with E-state index in [4.69, 9.17) is 16.3 Å². The van der Waals surface area contributed by atoms with Crippen LogP contribution in [0.3, 0.4) is 0 Å². The average Bonchev–Trinajstić information content (AvgIpc) is 2.18. The second-order valence-electron chi connectivity index (χ2n) is 2.78. The molecule has 0 atom stereocenters. The number of hydrogen-bond donors (Lipinski definition) is 0. The minimum Gasteiger partial charge on any atom is -0.494 e. The van der Waals surface area contributed by atoms with Crippen LogP contribution in [0.15, 0.2) is 24.3 Å². The van der Waals surface area contributed by atoms with Crippen molar-refractivity contribution in [3.05, 3.63) is 35.2 Å². The molecule has 4 heteroatoms. The van der Waals surface area contributed by atoms with E-state index in [1.54, 1.807) is 18.2 Å². The van der Waals surface area contributed by atoms with Crippen molar-refractivity contribution in [3.8, 4) is 5.75 Å². The number of halogens is 2. The molecule has 0 bridgehead atoms. The lowest BCUT2D eigenvalue weighted by molar-refractivity contribution is 0.389. The molecule has 2 rings (SSSR count). The van der Waals surface area contributed by atoms with E-state index in [0.717, 1.165) is 0 Å². The predicted molar refractivity (Wildman–Crippen MR) is 53.3 cm³/mol. The fourth-order valence-electron chi connectivity index (χ4n) is 1.28. The van der Waals surface area contributed by atoms with Crippen LogP contribution in [0.1, 0.15) is 0 Å². The molecule has 0 fully saturated rings. The number of ether oxygens (including phenoxy) is 1. The Bertz CT molecular complexity index is 487. The maximum absolute atomic E-state index is 13.6. The van der Waals surface area contributed by atoms with E-state index < -0.39 is 5.82 Å². The zero-order valence-electron chi connectivity index (χ0n) is 7.42. The van der Waals surface area contributed by atoms with Crippen molar-refractivity contribution < 1.29 is 9.13 Å². The maximum Gasteiger partial charge on any atom is 0.174 e. The first-order valence-corrected chi connectivity index (χ1v) is 4.39. The molecule has 1 aromatic heterocycles. The van der Waals surface area contributed by atoms with Crippen LogP contribution in [0.25, 0.3) is 10.9 Å². The molecule has 0 aliphatic rings. The van der Waals surface area contributed by atoms with Gasteiger partial charge in [-0.1, -0.05) is 11.6 Å². The summed E-state index contributed by atoms with van der Waals surface area (Å²) in [7, 11) is 1.42. The number of rotatable bonds is 1. The van der Waals surface area contributed by atoms with E-state index in [1.165, 1.54) is 13.2 Å². The molecule has 0 radical (unpaired) electrons. The third-order valence-corrected chi connectivity index (χ3v) is 2.17. The zero-order chi connectivity index (χ0) is 10.1. The number of benzene rings is 1. The van der Waals surface area contributed by atoms with Crippen molar-refractivity contribution in [1.82, 2.24) is 4.98 Å². The third kappa shape index (κ3) is 1.40. The van der Waals surface area contributed by atoms with Gasteiger partial charge in [0.1, 0.15) is 5.15 Å². The summed E-state index contributed by atoms with van der Waals surface area (Å²) < 4.78 is 18.4. The van der Waals surface area contributed by atoms with Crippen LogP contribution in [-0.2, 0) is 0 Å². The molecule has 0 unspecified atom stereocenters. The standard InChI is InChI=1S/C10H7ClFNO/c1-14-8-4-3-7-6(10(8)12)2-5-9(11)13-7/h2-5H,1H3/i12-1. The van der Waals surface area contributed by atoms with Gasteiger partial charge in [-0.25, -0.2) is 9.37 Å². The van der Waals surface area contributed by atoms with Gasteiger partial charge in [-0.3, -0.25) is 0 Å². The zero-order valence-corrected chi connectivity index (χ0v) is 8.18. The van der Waals surface area contributed by atoms with Gasteiger partial charge in [-0.15, -0.1) is 0 Å².